The van der Waals surface area contributed by atoms with Crippen molar-refractivity contribution in [3.63, 3.8) is 0 Å². The summed E-state index contributed by atoms with van der Waals surface area (Å²) in [6.45, 7) is 0.0206. The first-order valence-electron chi connectivity index (χ1n) is 9.58. The van der Waals surface area contributed by atoms with Crippen LogP contribution in [0.2, 0.25) is 0 Å². The molecule has 6 nitrogen and oxygen atoms in total. The lowest BCUT2D eigenvalue weighted by Crippen LogP contribution is -2.35. The van der Waals surface area contributed by atoms with Gasteiger partial charge in [0.15, 0.2) is 10.7 Å². The highest BCUT2D eigenvalue weighted by atomic mass is 32.1. The SMILES string of the molecule is O=C(Cn1c(=O)oc2ccccc21)N(Cc1ccccc1)c1nc2c(F)cccc2s1. The van der Waals surface area contributed by atoms with Crippen molar-refractivity contribution in [2.24, 2.45) is 0 Å². The van der Waals surface area contributed by atoms with Crippen molar-refractivity contribution in [3.05, 3.63) is 94.7 Å². The number of para-hydroxylation sites is 3. The van der Waals surface area contributed by atoms with Gasteiger partial charge >= 0.3 is 5.76 Å². The molecule has 0 aliphatic heterocycles. The van der Waals surface area contributed by atoms with Crippen LogP contribution in [0.25, 0.3) is 21.3 Å². The van der Waals surface area contributed by atoms with Gasteiger partial charge in [-0.3, -0.25) is 14.3 Å². The molecule has 0 spiro atoms. The zero-order chi connectivity index (χ0) is 21.4. The molecule has 0 bridgehead atoms. The third kappa shape index (κ3) is 3.62. The maximum atomic E-state index is 14.2. The highest BCUT2D eigenvalue weighted by Crippen LogP contribution is 2.31. The average molecular weight is 433 g/mol. The molecular weight excluding hydrogens is 417 g/mol. The maximum Gasteiger partial charge on any atom is 0.420 e. The van der Waals surface area contributed by atoms with Gasteiger partial charge in [-0.25, -0.2) is 14.2 Å². The van der Waals surface area contributed by atoms with Crippen LogP contribution in [0.5, 0.6) is 0 Å². The van der Waals surface area contributed by atoms with Gasteiger partial charge in [0, 0.05) is 0 Å². The molecular formula is C23H16FN3O3S. The van der Waals surface area contributed by atoms with E-state index < -0.39 is 11.6 Å². The second kappa shape index (κ2) is 7.81. The molecule has 0 saturated carbocycles. The Kier molecular flexibility index (Phi) is 4.83. The monoisotopic (exact) mass is 433 g/mol. The number of rotatable bonds is 5. The van der Waals surface area contributed by atoms with Crippen molar-refractivity contribution in [1.82, 2.24) is 9.55 Å². The van der Waals surface area contributed by atoms with E-state index in [4.69, 9.17) is 4.42 Å². The Morgan fingerprint density at radius 3 is 2.61 bits per heavy atom. The molecule has 0 unspecified atom stereocenters. The fourth-order valence-corrected chi connectivity index (χ4v) is 4.43. The van der Waals surface area contributed by atoms with Crippen LogP contribution in [0.3, 0.4) is 0 Å². The van der Waals surface area contributed by atoms with Crippen LogP contribution < -0.4 is 10.7 Å². The summed E-state index contributed by atoms with van der Waals surface area (Å²) in [5.74, 6) is -1.40. The van der Waals surface area contributed by atoms with Gasteiger partial charge in [-0.1, -0.05) is 59.9 Å². The van der Waals surface area contributed by atoms with Crippen LogP contribution in [0.4, 0.5) is 9.52 Å². The Balaban J connectivity index is 1.55. The number of anilines is 1. The average Bonchev–Trinajstić information content (AvgIpc) is 3.35. The van der Waals surface area contributed by atoms with E-state index in [9.17, 15) is 14.0 Å². The molecule has 31 heavy (non-hydrogen) atoms. The first-order valence-corrected chi connectivity index (χ1v) is 10.4. The lowest BCUT2D eigenvalue weighted by molar-refractivity contribution is -0.119. The number of aromatic nitrogens is 2. The summed E-state index contributed by atoms with van der Waals surface area (Å²) in [5, 5.41) is 0.370. The van der Waals surface area contributed by atoms with E-state index in [0.29, 0.717) is 20.9 Å². The Morgan fingerprint density at radius 2 is 1.81 bits per heavy atom. The molecule has 0 atom stereocenters. The third-order valence-electron chi connectivity index (χ3n) is 4.94. The molecule has 0 saturated heterocycles. The third-order valence-corrected chi connectivity index (χ3v) is 5.98. The molecule has 154 valence electrons. The summed E-state index contributed by atoms with van der Waals surface area (Å²) in [4.78, 5) is 31.6. The normalized spacial score (nSPS) is 11.3. The highest BCUT2D eigenvalue weighted by molar-refractivity contribution is 7.22. The highest BCUT2D eigenvalue weighted by Gasteiger charge is 2.23. The predicted molar refractivity (Wildman–Crippen MR) is 118 cm³/mol. The number of carbonyl (C=O) groups excluding carboxylic acids is 1. The van der Waals surface area contributed by atoms with E-state index in [1.807, 2.05) is 30.3 Å². The standard InChI is InChI=1S/C23H16FN3O3S/c24-16-9-6-12-19-21(16)25-22(31-19)27(13-15-7-2-1-3-8-15)20(28)14-26-17-10-4-5-11-18(17)30-23(26)29/h1-12H,13-14H2. The van der Waals surface area contributed by atoms with Crippen molar-refractivity contribution in [3.8, 4) is 0 Å². The van der Waals surface area contributed by atoms with Gasteiger partial charge in [0.1, 0.15) is 17.9 Å². The Labute approximate surface area is 179 Å². The van der Waals surface area contributed by atoms with E-state index in [1.54, 1.807) is 36.4 Å². The van der Waals surface area contributed by atoms with E-state index >= 15 is 0 Å². The molecule has 3 aromatic carbocycles. The molecule has 2 aromatic heterocycles. The lowest BCUT2D eigenvalue weighted by Gasteiger charge is -2.20. The summed E-state index contributed by atoms with van der Waals surface area (Å²) in [6.07, 6.45) is 0. The largest absolute Gasteiger partial charge is 0.420 e. The first-order chi connectivity index (χ1) is 15.1. The number of hydrogen-bond acceptors (Lipinski definition) is 5. The first kappa shape index (κ1) is 19.2. The Bertz CT molecular complexity index is 1460. The number of carbonyl (C=O) groups is 1. The second-order valence-corrected chi connectivity index (χ2v) is 7.98. The molecule has 0 radical (unpaired) electrons. The fraction of sp³-hybridized carbons (Fsp3) is 0.0870. The summed E-state index contributed by atoms with van der Waals surface area (Å²) < 4.78 is 21.4. The fourth-order valence-electron chi connectivity index (χ4n) is 3.43. The van der Waals surface area contributed by atoms with Gasteiger partial charge in [-0.2, -0.15) is 0 Å². The summed E-state index contributed by atoms with van der Waals surface area (Å²) >= 11 is 1.23. The summed E-state index contributed by atoms with van der Waals surface area (Å²) in [5.41, 5.74) is 2.06. The molecule has 0 N–H and O–H groups in total. The molecule has 5 rings (SSSR count). The van der Waals surface area contributed by atoms with Gasteiger partial charge in [0.05, 0.1) is 16.8 Å². The molecule has 5 aromatic rings. The number of oxazole rings is 1. The topological polar surface area (TPSA) is 68.3 Å². The molecule has 0 fully saturated rings. The van der Waals surface area contributed by atoms with Crippen molar-refractivity contribution in [1.29, 1.82) is 0 Å². The summed E-state index contributed by atoms with van der Waals surface area (Å²) in [7, 11) is 0. The Morgan fingerprint density at radius 1 is 1.03 bits per heavy atom. The van der Waals surface area contributed by atoms with Crippen LogP contribution in [0.1, 0.15) is 5.56 Å². The van der Waals surface area contributed by atoms with Gasteiger partial charge in [-0.05, 0) is 29.8 Å². The smallest absolute Gasteiger partial charge is 0.408 e. The van der Waals surface area contributed by atoms with Gasteiger partial charge in [0.2, 0.25) is 5.91 Å². The van der Waals surface area contributed by atoms with Crippen LogP contribution >= 0.6 is 11.3 Å². The molecule has 0 aliphatic carbocycles. The van der Waals surface area contributed by atoms with Crippen molar-refractivity contribution < 1.29 is 13.6 Å². The van der Waals surface area contributed by atoms with Crippen molar-refractivity contribution >= 4 is 43.7 Å². The van der Waals surface area contributed by atoms with E-state index in [0.717, 1.165) is 5.56 Å². The number of amides is 1. The molecule has 2 heterocycles. The molecule has 1 amide bonds. The van der Waals surface area contributed by atoms with Crippen LogP contribution in [0.15, 0.2) is 82.0 Å². The number of fused-ring (bicyclic) bond motifs is 2. The number of nitrogens with zero attached hydrogens (tertiary/aromatic N) is 3. The van der Waals surface area contributed by atoms with E-state index in [1.165, 1.54) is 26.9 Å². The number of halogens is 1. The quantitative estimate of drug-likeness (QED) is 0.407. The zero-order valence-electron chi connectivity index (χ0n) is 16.2. The van der Waals surface area contributed by atoms with Crippen molar-refractivity contribution in [2.75, 3.05) is 4.90 Å². The summed E-state index contributed by atoms with van der Waals surface area (Å²) in [6, 6.07) is 21.1. The minimum absolute atomic E-state index is 0.221. The van der Waals surface area contributed by atoms with Gasteiger partial charge < -0.3 is 4.42 Å². The maximum absolute atomic E-state index is 14.2. The van der Waals surface area contributed by atoms with Crippen LogP contribution in [0, 0.1) is 5.82 Å². The lowest BCUT2D eigenvalue weighted by atomic mass is 10.2. The van der Waals surface area contributed by atoms with Gasteiger partial charge in [-0.15, -0.1) is 0 Å². The number of benzene rings is 3. The molecule has 0 aliphatic rings. The van der Waals surface area contributed by atoms with Crippen molar-refractivity contribution in [2.45, 2.75) is 13.1 Å². The van der Waals surface area contributed by atoms with Gasteiger partial charge in [0.25, 0.3) is 0 Å². The minimum atomic E-state index is -0.607. The van der Waals surface area contributed by atoms with Crippen LogP contribution in [-0.2, 0) is 17.9 Å². The van der Waals surface area contributed by atoms with E-state index in [2.05, 4.69) is 4.98 Å². The minimum Gasteiger partial charge on any atom is -0.408 e. The van der Waals surface area contributed by atoms with Crippen LogP contribution in [-0.4, -0.2) is 15.5 Å². The number of thiazole rings is 1. The van der Waals surface area contributed by atoms with E-state index in [-0.39, 0.29) is 24.5 Å². The molecule has 8 heteroatoms. The second-order valence-electron chi connectivity index (χ2n) is 6.97. The zero-order valence-corrected chi connectivity index (χ0v) is 17.0. The predicted octanol–water partition coefficient (Wildman–Crippen LogP) is 4.58. The number of hydrogen-bond donors (Lipinski definition) is 0. The Hall–Kier alpha value is -3.78.